The van der Waals surface area contributed by atoms with E-state index in [-0.39, 0.29) is 5.41 Å². The topological polar surface area (TPSA) is 4.93 Å². The number of nitrogens with zero attached hydrogens (tertiary/aromatic N) is 1. The van der Waals surface area contributed by atoms with Crippen molar-refractivity contribution in [1.82, 2.24) is 4.57 Å². The van der Waals surface area contributed by atoms with Gasteiger partial charge in [-0.15, -0.1) is 0 Å². The van der Waals surface area contributed by atoms with Crippen molar-refractivity contribution in [3.63, 3.8) is 0 Å². The molecule has 8 aromatic carbocycles. The van der Waals surface area contributed by atoms with Gasteiger partial charge in [-0.1, -0.05) is 117 Å². The van der Waals surface area contributed by atoms with Crippen molar-refractivity contribution in [1.29, 1.82) is 0 Å². The number of benzene rings is 8. The highest BCUT2D eigenvalue weighted by molar-refractivity contribution is 6.34. The Morgan fingerprint density at radius 2 is 1.05 bits per heavy atom. The molecule has 1 heterocycles. The van der Waals surface area contributed by atoms with Crippen molar-refractivity contribution in [3.8, 4) is 16.8 Å². The molecule has 0 amide bonds. The van der Waals surface area contributed by atoms with Crippen molar-refractivity contribution in [3.05, 3.63) is 151 Å². The third kappa shape index (κ3) is 2.99. The van der Waals surface area contributed by atoms with Gasteiger partial charge in [-0.3, -0.25) is 0 Å². The highest BCUT2D eigenvalue weighted by Crippen LogP contribution is 2.52. The number of para-hydroxylation sites is 1. The van der Waals surface area contributed by atoms with E-state index in [0.717, 1.165) is 0 Å². The largest absolute Gasteiger partial charge is 0.309 e. The maximum atomic E-state index is 2.53. The SMILES string of the molecule is CC1(C)c2ccccc2-c2cc3c4ccc5c6cc7ccccc7cc6c6ccccc6c5c4n(-c4ccccc4)c3cc21. The van der Waals surface area contributed by atoms with E-state index >= 15 is 0 Å². The summed E-state index contributed by atoms with van der Waals surface area (Å²) in [6.07, 6.45) is 0. The molecule has 1 aliphatic carbocycles. The predicted molar refractivity (Wildman–Crippen MR) is 188 cm³/mol. The monoisotopic (exact) mass is 559 g/mol. The van der Waals surface area contributed by atoms with Gasteiger partial charge in [-0.25, -0.2) is 0 Å². The van der Waals surface area contributed by atoms with Crippen LogP contribution in [0.1, 0.15) is 25.0 Å². The summed E-state index contributed by atoms with van der Waals surface area (Å²) < 4.78 is 2.53. The third-order valence-electron chi connectivity index (χ3n) is 10.3. The quantitative estimate of drug-likeness (QED) is 0.139. The van der Waals surface area contributed by atoms with E-state index < -0.39 is 0 Å². The van der Waals surface area contributed by atoms with Gasteiger partial charge in [0.25, 0.3) is 0 Å². The van der Waals surface area contributed by atoms with Gasteiger partial charge in [-0.05, 0) is 96.4 Å². The molecule has 0 saturated carbocycles. The van der Waals surface area contributed by atoms with E-state index in [2.05, 4.69) is 158 Å². The molecule has 0 spiro atoms. The normalized spacial score (nSPS) is 13.9. The Morgan fingerprint density at radius 1 is 0.432 bits per heavy atom. The first-order valence-corrected chi connectivity index (χ1v) is 15.5. The van der Waals surface area contributed by atoms with Crippen LogP contribution in [0.2, 0.25) is 0 Å². The molecule has 0 fully saturated rings. The van der Waals surface area contributed by atoms with Gasteiger partial charge in [0, 0.05) is 27.3 Å². The lowest BCUT2D eigenvalue weighted by molar-refractivity contribution is 0.661. The van der Waals surface area contributed by atoms with E-state index in [1.807, 2.05) is 0 Å². The van der Waals surface area contributed by atoms with E-state index in [1.165, 1.54) is 92.8 Å². The molecule has 1 aromatic heterocycles. The minimum absolute atomic E-state index is 0.0654. The van der Waals surface area contributed by atoms with Gasteiger partial charge in [0.1, 0.15) is 0 Å². The molecular weight excluding hydrogens is 530 g/mol. The van der Waals surface area contributed by atoms with Crippen molar-refractivity contribution in [2.75, 3.05) is 0 Å². The van der Waals surface area contributed by atoms with Gasteiger partial charge in [0.05, 0.1) is 11.0 Å². The molecule has 1 heteroatoms. The number of hydrogen-bond donors (Lipinski definition) is 0. The lowest BCUT2D eigenvalue weighted by Crippen LogP contribution is -2.14. The predicted octanol–water partition coefficient (Wildman–Crippen LogP) is 11.7. The fourth-order valence-corrected chi connectivity index (χ4v) is 8.26. The van der Waals surface area contributed by atoms with Crippen molar-refractivity contribution < 1.29 is 0 Å². The van der Waals surface area contributed by atoms with Crippen LogP contribution < -0.4 is 0 Å². The van der Waals surface area contributed by atoms with Gasteiger partial charge in [0.2, 0.25) is 0 Å². The first kappa shape index (κ1) is 24.1. The second-order valence-corrected chi connectivity index (χ2v) is 12.9. The van der Waals surface area contributed by atoms with Crippen LogP contribution in [0.3, 0.4) is 0 Å². The van der Waals surface area contributed by atoms with Crippen LogP contribution in [-0.4, -0.2) is 4.57 Å². The number of rotatable bonds is 1. The third-order valence-corrected chi connectivity index (χ3v) is 10.3. The maximum absolute atomic E-state index is 2.53. The van der Waals surface area contributed by atoms with Gasteiger partial charge in [-0.2, -0.15) is 0 Å². The Morgan fingerprint density at radius 3 is 1.84 bits per heavy atom. The average Bonchev–Trinajstić information content (AvgIpc) is 3.51. The minimum Gasteiger partial charge on any atom is -0.309 e. The van der Waals surface area contributed by atoms with Crippen LogP contribution >= 0.6 is 0 Å². The second kappa shape index (κ2) is 8.36. The molecule has 9 aromatic rings. The molecule has 0 saturated heterocycles. The van der Waals surface area contributed by atoms with Crippen LogP contribution in [0, 0.1) is 0 Å². The van der Waals surface area contributed by atoms with Crippen LogP contribution in [0.5, 0.6) is 0 Å². The first-order chi connectivity index (χ1) is 21.6. The van der Waals surface area contributed by atoms with Gasteiger partial charge in [0.15, 0.2) is 0 Å². The number of aromatic nitrogens is 1. The Balaban J connectivity index is 1.46. The Hall–Kier alpha value is -5.40. The summed E-state index contributed by atoms with van der Waals surface area (Å²) in [6, 6.07) is 52.1. The fourth-order valence-electron chi connectivity index (χ4n) is 8.26. The van der Waals surface area contributed by atoms with Crippen LogP contribution in [0.15, 0.2) is 140 Å². The van der Waals surface area contributed by atoms with E-state index in [4.69, 9.17) is 0 Å². The molecule has 0 aliphatic heterocycles. The lowest BCUT2D eigenvalue weighted by Gasteiger charge is -2.21. The van der Waals surface area contributed by atoms with E-state index in [1.54, 1.807) is 0 Å². The summed E-state index contributed by atoms with van der Waals surface area (Å²) in [5.41, 5.74) is 9.20. The molecule has 1 nitrogen and oxygen atoms in total. The highest BCUT2D eigenvalue weighted by atomic mass is 15.0. The molecule has 0 N–H and O–H groups in total. The van der Waals surface area contributed by atoms with Gasteiger partial charge < -0.3 is 4.57 Å². The number of fused-ring (bicyclic) bond motifs is 14. The van der Waals surface area contributed by atoms with E-state index in [9.17, 15) is 0 Å². The van der Waals surface area contributed by atoms with Crippen molar-refractivity contribution in [2.45, 2.75) is 19.3 Å². The van der Waals surface area contributed by atoms with Crippen LogP contribution in [-0.2, 0) is 5.41 Å². The average molecular weight is 560 g/mol. The zero-order valence-corrected chi connectivity index (χ0v) is 24.7. The molecule has 206 valence electrons. The van der Waals surface area contributed by atoms with Crippen molar-refractivity contribution >= 4 is 64.9 Å². The smallest absolute Gasteiger partial charge is 0.0625 e. The molecule has 0 radical (unpaired) electrons. The molecule has 0 unspecified atom stereocenters. The first-order valence-electron chi connectivity index (χ1n) is 15.5. The standard InChI is InChI=1S/C43H29N/c1-43(2)38-19-11-10-17-30(38)36-24-37-33-21-20-32-35-23-27-13-7-6-12-26(27)22-34(35)29-16-8-9-18-31(29)41(32)42(33)44(40(37)25-39(36)43)28-14-4-3-5-15-28/h3-25H,1-2H3. The Labute approximate surface area is 255 Å². The molecule has 1 aliphatic rings. The molecule has 0 bridgehead atoms. The van der Waals surface area contributed by atoms with Gasteiger partial charge >= 0.3 is 0 Å². The summed E-state index contributed by atoms with van der Waals surface area (Å²) >= 11 is 0. The summed E-state index contributed by atoms with van der Waals surface area (Å²) in [4.78, 5) is 0. The van der Waals surface area contributed by atoms with Crippen molar-refractivity contribution in [2.24, 2.45) is 0 Å². The van der Waals surface area contributed by atoms with Crippen LogP contribution in [0.25, 0.3) is 81.7 Å². The van der Waals surface area contributed by atoms with E-state index in [0.29, 0.717) is 0 Å². The minimum atomic E-state index is -0.0654. The molecule has 10 rings (SSSR count). The summed E-state index contributed by atoms with van der Waals surface area (Å²) in [5, 5.41) is 13.0. The zero-order valence-electron chi connectivity index (χ0n) is 24.7. The van der Waals surface area contributed by atoms with Crippen LogP contribution in [0.4, 0.5) is 0 Å². The second-order valence-electron chi connectivity index (χ2n) is 12.9. The summed E-state index contributed by atoms with van der Waals surface area (Å²) in [7, 11) is 0. The lowest BCUT2D eigenvalue weighted by atomic mass is 9.82. The number of hydrogen-bond acceptors (Lipinski definition) is 0. The Bertz CT molecular complexity index is 2670. The summed E-state index contributed by atoms with van der Waals surface area (Å²) in [5.74, 6) is 0. The molecule has 44 heavy (non-hydrogen) atoms. The fraction of sp³-hybridized carbons (Fsp3) is 0.0698. The maximum Gasteiger partial charge on any atom is 0.0625 e. The zero-order chi connectivity index (χ0) is 29.2. The molecule has 0 atom stereocenters. The highest BCUT2D eigenvalue weighted by Gasteiger charge is 2.36. The molecular formula is C43H29N. The Kier molecular flexibility index (Phi) is 4.58. The summed E-state index contributed by atoms with van der Waals surface area (Å²) in [6.45, 7) is 4.75.